The molecule has 0 bridgehead atoms. The number of alkyl halides is 3. The molecule has 0 unspecified atom stereocenters. The Kier molecular flexibility index (Phi) is 6.98. The first-order valence-electron chi connectivity index (χ1n) is 9.72. The highest BCUT2D eigenvalue weighted by Crippen LogP contribution is 2.21. The molecule has 3 rings (SSSR count). The molecular weight excluding hydrogens is 415 g/mol. The first kappa shape index (κ1) is 22.4. The molecule has 0 aromatic carbocycles. The molecule has 12 heteroatoms. The minimum Gasteiger partial charge on any atom is -0.468 e. The SMILES string of the molecule is CCNC(=NCc1cccnc1OCC(F)(F)F)N1CCN(c2cnn(C)c2)C(=O)C1. The number of hydrogen-bond acceptors (Lipinski definition) is 5. The van der Waals surface area contributed by atoms with Gasteiger partial charge in [0.25, 0.3) is 0 Å². The van der Waals surface area contributed by atoms with E-state index in [9.17, 15) is 18.0 Å². The highest BCUT2D eigenvalue weighted by atomic mass is 19.4. The van der Waals surface area contributed by atoms with E-state index in [-0.39, 0.29) is 24.9 Å². The molecular formula is C19H24F3N7O2. The van der Waals surface area contributed by atoms with Gasteiger partial charge in [-0.1, -0.05) is 6.07 Å². The number of ether oxygens (including phenoxy) is 1. The van der Waals surface area contributed by atoms with Gasteiger partial charge in [0.15, 0.2) is 12.6 Å². The number of guanidine groups is 1. The van der Waals surface area contributed by atoms with Crippen LogP contribution in [0.4, 0.5) is 18.9 Å². The third-order valence-electron chi connectivity index (χ3n) is 4.48. The van der Waals surface area contributed by atoms with E-state index in [2.05, 4.69) is 20.4 Å². The molecule has 3 heterocycles. The lowest BCUT2D eigenvalue weighted by atomic mass is 10.2. The van der Waals surface area contributed by atoms with Gasteiger partial charge in [-0.15, -0.1) is 0 Å². The van der Waals surface area contributed by atoms with Gasteiger partial charge in [-0.05, 0) is 13.0 Å². The lowest BCUT2D eigenvalue weighted by Gasteiger charge is -2.35. The van der Waals surface area contributed by atoms with Crippen molar-refractivity contribution in [2.75, 3.05) is 37.7 Å². The van der Waals surface area contributed by atoms with Crippen molar-refractivity contribution < 1.29 is 22.7 Å². The van der Waals surface area contributed by atoms with Gasteiger partial charge in [0.2, 0.25) is 11.8 Å². The van der Waals surface area contributed by atoms with E-state index in [1.807, 2.05) is 11.8 Å². The number of aryl methyl sites for hydroxylation is 1. The van der Waals surface area contributed by atoms with Crippen LogP contribution in [0.1, 0.15) is 12.5 Å². The summed E-state index contributed by atoms with van der Waals surface area (Å²) >= 11 is 0. The Morgan fingerprint density at radius 2 is 2.16 bits per heavy atom. The number of carbonyl (C=O) groups excluding carboxylic acids is 1. The van der Waals surface area contributed by atoms with Crippen molar-refractivity contribution in [1.82, 2.24) is 25.0 Å². The maximum Gasteiger partial charge on any atom is 0.422 e. The first-order valence-corrected chi connectivity index (χ1v) is 9.72. The zero-order valence-corrected chi connectivity index (χ0v) is 17.3. The van der Waals surface area contributed by atoms with Crippen LogP contribution in [0, 0.1) is 0 Å². The minimum absolute atomic E-state index is 0.0559. The number of aliphatic imine (C=N–C) groups is 1. The number of rotatable bonds is 6. The number of hydrogen-bond donors (Lipinski definition) is 1. The van der Waals surface area contributed by atoms with E-state index in [1.54, 1.807) is 41.2 Å². The lowest BCUT2D eigenvalue weighted by molar-refractivity contribution is -0.154. The molecule has 0 radical (unpaired) electrons. The Labute approximate surface area is 177 Å². The standard InChI is InChI=1S/C19H24F3N7O2/c1-3-23-18(25-9-14-5-4-6-24-17(14)31-13-19(20,21)22)28-7-8-29(16(30)12-28)15-10-26-27(2)11-15/h4-6,10-11H,3,7-9,12-13H2,1-2H3,(H,23,25). The van der Waals surface area contributed by atoms with Crippen LogP contribution in [0.2, 0.25) is 0 Å². The molecule has 0 aliphatic carbocycles. The van der Waals surface area contributed by atoms with Gasteiger partial charge >= 0.3 is 6.18 Å². The molecule has 2 aromatic rings. The summed E-state index contributed by atoms with van der Waals surface area (Å²) in [6.45, 7) is 2.21. The predicted octanol–water partition coefficient (Wildman–Crippen LogP) is 1.57. The summed E-state index contributed by atoms with van der Waals surface area (Å²) in [6, 6.07) is 3.21. The fourth-order valence-corrected chi connectivity index (χ4v) is 3.09. The average Bonchev–Trinajstić information content (AvgIpc) is 3.15. The van der Waals surface area contributed by atoms with Gasteiger partial charge in [-0.2, -0.15) is 18.3 Å². The van der Waals surface area contributed by atoms with Crippen molar-refractivity contribution in [3.8, 4) is 5.88 Å². The molecule has 1 aliphatic rings. The summed E-state index contributed by atoms with van der Waals surface area (Å²) in [4.78, 5) is 24.5. The van der Waals surface area contributed by atoms with Gasteiger partial charge in [0.1, 0.15) is 6.54 Å². The molecule has 1 fully saturated rings. The fourth-order valence-electron chi connectivity index (χ4n) is 3.09. The third-order valence-corrected chi connectivity index (χ3v) is 4.48. The van der Waals surface area contributed by atoms with E-state index in [4.69, 9.17) is 4.74 Å². The number of aromatic nitrogens is 3. The molecule has 1 saturated heterocycles. The number of nitrogens with one attached hydrogen (secondary N) is 1. The molecule has 0 atom stereocenters. The largest absolute Gasteiger partial charge is 0.468 e. The fraction of sp³-hybridized carbons (Fsp3) is 0.474. The second-order valence-corrected chi connectivity index (χ2v) is 6.88. The van der Waals surface area contributed by atoms with Crippen molar-refractivity contribution >= 4 is 17.6 Å². The maximum atomic E-state index is 12.7. The Hall–Kier alpha value is -3.31. The van der Waals surface area contributed by atoms with Crippen LogP contribution < -0.4 is 15.0 Å². The van der Waals surface area contributed by atoms with Gasteiger partial charge < -0.3 is 19.9 Å². The maximum absolute atomic E-state index is 12.7. The van der Waals surface area contributed by atoms with Crippen LogP contribution in [0.3, 0.4) is 0 Å². The van der Waals surface area contributed by atoms with Crippen molar-refractivity contribution in [2.45, 2.75) is 19.6 Å². The second kappa shape index (κ2) is 9.67. The molecule has 1 amide bonds. The van der Waals surface area contributed by atoms with Gasteiger partial charge in [-0.3, -0.25) is 9.48 Å². The molecule has 0 saturated carbocycles. The van der Waals surface area contributed by atoms with E-state index < -0.39 is 12.8 Å². The van der Waals surface area contributed by atoms with E-state index in [0.717, 1.165) is 5.69 Å². The molecule has 168 valence electrons. The monoisotopic (exact) mass is 439 g/mol. The lowest BCUT2D eigenvalue weighted by Crippen LogP contribution is -2.55. The molecule has 1 N–H and O–H groups in total. The summed E-state index contributed by atoms with van der Waals surface area (Å²) in [7, 11) is 1.78. The van der Waals surface area contributed by atoms with Crippen LogP contribution in [0.15, 0.2) is 35.7 Å². The summed E-state index contributed by atoms with van der Waals surface area (Å²) in [6.07, 6.45) is 0.317. The smallest absolute Gasteiger partial charge is 0.422 e. The van der Waals surface area contributed by atoms with Crippen LogP contribution in [-0.2, 0) is 18.4 Å². The quantitative estimate of drug-likeness (QED) is 0.543. The Balaban J connectivity index is 1.69. The molecule has 9 nitrogen and oxygen atoms in total. The first-order chi connectivity index (χ1) is 14.8. The molecule has 1 aliphatic heterocycles. The second-order valence-electron chi connectivity index (χ2n) is 6.88. The number of nitrogens with zero attached hydrogens (tertiary/aromatic N) is 6. The predicted molar refractivity (Wildman–Crippen MR) is 108 cm³/mol. The number of halogens is 3. The average molecular weight is 439 g/mol. The highest BCUT2D eigenvalue weighted by Gasteiger charge is 2.29. The third kappa shape index (κ3) is 6.09. The van der Waals surface area contributed by atoms with Crippen LogP contribution in [0.25, 0.3) is 0 Å². The molecule has 2 aromatic heterocycles. The van der Waals surface area contributed by atoms with Crippen molar-refractivity contribution in [1.29, 1.82) is 0 Å². The van der Waals surface area contributed by atoms with E-state index in [0.29, 0.717) is 31.2 Å². The molecule has 31 heavy (non-hydrogen) atoms. The zero-order valence-electron chi connectivity index (χ0n) is 17.3. The Morgan fingerprint density at radius 3 is 2.81 bits per heavy atom. The van der Waals surface area contributed by atoms with Crippen molar-refractivity contribution in [3.63, 3.8) is 0 Å². The number of carbonyl (C=O) groups is 1. The topological polar surface area (TPSA) is 87.9 Å². The van der Waals surface area contributed by atoms with Crippen LogP contribution >= 0.6 is 0 Å². The molecule has 0 spiro atoms. The highest BCUT2D eigenvalue weighted by molar-refractivity contribution is 5.98. The van der Waals surface area contributed by atoms with Crippen LogP contribution in [0.5, 0.6) is 5.88 Å². The summed E-state index contributed by atoms with van der Waals surface area (Å²) in [5, 5.41) is 7.22. The van der Waals surface area contributed by atoms with Crippen LogP contribution in [-0.4, -0.2) is 70.5 Å². The minimum atomic E-state index is -4.46. The Morgan fingerprint density at radius 1 is 1.35 bits per heavy atom. The van der Waals surface area contributed by atoms with Gasteiger partial charge in [0, 0.05) is 44.6 Å². The summed E-state index contributed by atoms with van der Waals surface area (Å²) in [5.74, 6) is 0.282. The van der Waals surface area contributed by atoms with Gasteiger partial charge in [0.05, 0.1) is 18.4 Å². The zero-order chi connectivity index (χ0) is 22.4. The van der Waals surface area contributed by atoms with E-state index in [1.165, 1.54) is 6.20 Å². The summed E-state index contributed by atoms with van der Waals surface area (Å²) in [5.41, 5.74) is 1.15. The number of piperazine rings is 1. The normalized spacial score (nSPS) is 15.4. The van der Waals surface area contributed by atoms with Crippen molar-refractivity contribution in [2.24, 2.45) is 12.0 Å². The number of amides is 1. The number of pyridine rings is 1. The summed E-state index contributed by atoms with van der Waals surface area (Å²) < 4.78 is 43.9. The number of anilines is 1. The van der Waals surface area contributed by atoms with Crippen molar-refractivity contribution in [3.05, 3.63) is 36.3 Å². The van der Waals surface area contributed by atoms with E-state index >= 15 is 0 Å². The van der Waals surface area contributed by atoms with Gasteiger partial charge in [-0.25, -0.2) is 9.98 Å². The Bertz CT molecular complexity index is 929.